The molecule has 26 heavy (non-hydrogen) atoms. The standard InChI is InChI=1S/C23H26N2O/c26-23(22-14-8-3-9-15-22)25(19-21-12-6-2-7-13-21)17-16-24-18-20-10-4-1-5-11-20/h1-15,23-24,26H,16-19H2. The average Bonchev–Trinajstić information content (AvgIpc) is 2.72. The van der Waals surface area contributed by atoms with Crippen LogP contribution in [-0.4, -0.2) is 23.1 Å². The van der Waals surface area contributed by atoms with Crippen LogP contribution in [0.4, 0.5) is 0 Å². The topological polar surface area (TPSA) is 35.5 Å². The first kappa shape index (κ1) is 18.3. The van der Waals surface area contributed by atoms with E-state index in [-0.39, 0.29) is 0 Å². The molecule has 1 unspecified atom stereocenters. The summed E-state index contributed by atoms with van der Waals surface area (Å²) in [6.07, 6.45) is -0.616. The van der Waals surface area contributed by atoms with Crippen LogP contribution in [0, 0.1) is 0 Å². The second-order valence-corrected chi connectivity index (χ2v) is 6.40. The van der Waals surface area contributed by atoms with Crippen LogP contribution in [0.15, 0.2) is 91.0 Å². The van der Waals surface area contributed by atoms with Crippen molar-refractivity contribution in [2.24, 2.45) is 0 Å². The van der Waals surface area contributed by atoms with Crippen molar-refractivity contribution in [2.45, 2.75) is 19.3 Å². The Morgan fingerprint density at radius 2 is 1.27 bits per heavy atom. The molecule has 0 spiro atoms. The molecule has 3 aromatic carbocycles. The zero-order valence-electron chi connectivity index (χ0n) is 15.0. The van der Waals surface area contributed by atoms with Crippen LogP contribution in [0.25, 0.3) is 0 Å². The first-order chi connectivity index (χ1) is 12.8. The number of hydrogen-bond acceptors (Lipinski definition) is 3. The molecule has 0 radical (unpaired) electrons. The SMILES string of the molecule is OC(c1ccccc1)N(CCNCc1ccccc1)Cc1ccccc1. The Bertz CT molecular complexity index is 747. The summed E-state index contributed by atoms with van der Waals surface area (Å²) in [5, 5.41) is 14.3. The lowest BCUT2D eigenvalue weighted by atomic mass is 10.1. The summed E-state index contributed by atoms with van der Waals surface area (Å²) in [7, 11) is 0. The predicted octanol–water partition coefficient (Wildman–Crippen LogP) is 3.97. The molecule has 0 aliphatic carbocycles. The van der Waals surface area contributed by atoms with Crippen molar-refractivity contribution in [2.75, 3.05) is 13.1 Å². The number of benzene rings is 3. The average molecular weight is 346 g/mol. The molecule has 0 fully saturated rings. The molecule has 0 aliphatic heterocycles. The van der Waals surface area contributed by atoms with Gasteiger partial charge in [-0.1, -0.05) is 91.0 Å². The molecule has 0 bridgehead atoms. The fourth-order valence-corrected chi connectivity index (χ4v) is 2.99. The van der Waals surface area contributed by atoms with Gasteiger partial charge in [-0.15, -0.1) is 0 Å². The van der Waals surface area contributed by atoms with Crippen LogP contribution in [-0.2, 0) is 13.1 Å². The summed E-state index contributed by atoms with van der Waals surface area (Å²) in [6.45, 7) is 3.12. The molecule has 3 aromatic rings. The fourth-order valence-electron chi connectivity index (χ4n) is 2.99. The second-order valence-electron chi connectivity index (χ2n) is 6.40. The van der Waals surface area contributed by atoms with Crippen molar-refractivity contribution in [3.8, 4) is 0 Å². The van der Waals surface area contributed by atoms with E-state index in [2.05, 4.69) is 46.6 Å². The Morgan fingerprint density at radius 1 is 0.731 bits per heavy atom. The van der Waals surface area contributed by atoms with Gasteiger partial charge in [-0.05, 0) is 16.7 Å². The highest BCUT2D eigenvalue weighted by Gasteiger charge is 2.17. The Morgan fingerprint density at radius 3 is 1.88 bits per heavy atom. The molecule has 0 saturated heterocycles. The molecular weight excluding hydrogens is 320 g/mol. The van der Waals surface area contributed by atoms with E-state index in [4.69, 9.17) is 0 Å². The Kier molecular flexibility index (Phi) is 6.96. The summed E-state index contributed by atoms with van der Waals surface area (Å²) in [4.78, 5) is 2.10. The quantitative estimate of drug-likeness (QED) is 0.455. The number of rotatable bonds is 9. The van der Waals surface area contributed by atoms with Crippen LogP contribution in [0.5, 0.6) is 0 Å². The van der Waals surface area contributed by atoms with E-state index in [0.717, 1.165) is 25.2 Å². The summed E-state index contributed by atoms with van der Waals surface area (Å²) in [5.74, 6) is 0. The molecule has 3 rings (SSSR count). The van der Waals surface area contributed by atoms with E-state index in [9.17, 15) is 5.11 Å². The molecular formula is C23H26N2O. The third-order valence-electron chi connectivity index (χ3n) is 4.42. The summed E-state index contributed by atoms with van der Waals surface area (Å²) in [5.41, 5.74) is 3.39. The van der Waals surface area contributed by atoms with Gasteiger partial charge in [-0.3, -0.25) is 4.90 Å². The molecule has 0 saturated carbocycles. The van der Waals surface area contributed by atoms with E-state index < -0.39 is 6.23 Å². The van der Waals surface area contributed by atoms with Gasteiger partial charge in [0.1, 0.15) is 6.23 Å². The molecule has 0 amide bonds. The zero-order chi connectivity index (χ0) is 18.0. The Hall–Kier alpha value is -2.46. The maximum absolute atomic E-state index is 10.9. The molecule has 3 heteroatoms. The molecule has 0 heterocycles. The summed E-state index contributed by atoms with van der Waals surface area (Å²) < 4.78 is 0. The van der Waals surface area contributed by atoms with Gasteiger partial charge in [0.25, 0.3) is 0 Å². The smallest absolute Gasteiger partial charge is 0.133 e. The van der Waals surface area contributed by atoms with Gasteiger partial charge in [0.2, 0.25) is 0 Å². The van der Waals surface area contributed by atoms with Crippen LogP contribution in [0.3, 0.4) is 0 Å². The van der Waals surface area contributed by atoms with Gasteiger partial charge in [0, 0.05) is 26.2 Å². The van der Waals surface area contributed by atoms with Gasteiger partial charge < -0.3 is 10.4 Å². The maximum atomic E-state index is 10.9. The van der Waals surface area contributed by atoms with Gasteiger partial charge in [0.05, 0.1) is 0 Å². The monoisotopic (exact) mass is 346 g/mol. The highest BCUT2D eigenvalue weighted by Crippen LogP contribution is 2.19. The second kappa shape index (κ2) is 9.88. The number of nitrogens with one attached hydrogen (secondary N) is 1. The summed E-state index contributed by atoms with van der Waals surface area (Å²) in [6, 6.07) is 30.5. The van der Waals surface area contributed by atoms with Gasteiger partial charge >= 0.3 is 0 Å². The lowest BCUT2D eigenvalue weighted by Crippen LogP contribution is -2.34. The number of aliphatic hydroxyl groups is 1. The van der Waals surface area contributed by atoms with E-state index in [0.29, 0.717) is 6.54 Å². The van der Waals surface area contributed by atoms with Crippen molar-refractivity contribution < 1.29 is 5.11 Å². The van der Waals surface area contributed by atoms with Crippen LogP contribution < -0.4 is 5.32 Å². The third-order valence-corrected chi connectivity index (χ3v) is 4.42. The number of hydrogen-bond donors (Lipinski definition) is 2. The minimum absolute atomic E-state index is 0.616. The van der Waals surface area contributed by atoms with E-state index >= 15 is 0 Å². The lowest BCUT2D eigenvalue weighted by Gasteiger charge is -2.28. The number of aliphatic hydroxyl groups excluding tert-OH is 1. The van der Waals surface area contributed by atoms with Crippen molar-refractivity contribution in [1.29, 1.82) is 0 Å². The Balaban J connectivity index is 1.60. The third kappa shape index (κ3) is 5.53. The number of nitrogens with zero attached hydrogens (tertiary/aromatic N) is 1. The zero-order valence-corrected chi connectivity index (χ0v) is 15.0. The van der Waals surface area contributed by atoms with Gasteiger partial charge in [-0.25, -0.2) is 0 Å². The minimum Gasteiger partial charge on any atom is -0.374 e. The fraction of sp³-hybridized carbons (Fsp3) is 0.217. The van der Waals surface area contributed by atoms with E-state index in [1.807, 2.05) is 54.6 Å². The van der Waals surface area contributed by atoms with Crippen molar-refractivity contribution in [3.63, 3.8) is 0 Å². The van der Waals surface area contributed by atoms with Gasteiger partial charge in [-0.2, -0.15) is 0 Å². The van der Waals surface area contributed by atoms with Crippen LogP contribution in [0.1, 0.15) is 22.9 Å². The predicted molar refractivity (Wildman–Crippen MR) is 106 cm³/mol. The first-order valence-corrected chi connectivity index (χ1v) is 9.08. The maximum Gasteiger partial charge on any atom is 0.133 e. The molecule has 134 valence electrons. The highest BCUT2D eigenvalue weighted by atomic mass is 16.3. The van der Waals surface area contributed by atoms with Crippen LogP contribution >= 0.6 is 0 Å². The molecule has 3 nitrogen and oxygen atoms in total. The molecule has 0 aromatic heterocycles. The first-order valence-electron chi connectivity index (χ1n) is 9.08. The van der Waals surface area contributed by atoms with Crippen molar-refractivity contribution in [3.05, 3.63) is 108 Å². The molecule has 0 aliphatic rings. The van der Waals surface area contributed by atoms with Crippen LogP contribution in [0.2, 0.25) is 0 Å². The Labute approximate surface area is 155 Å². The highest BCUT2D eigenvalue weighted by molar-refractivity contribution is 5.19. The molecule has 2 N–H and O–H groups in total. The van der Waals surface area contributed by atoms with Crippen molar-refractivity contribution in [1.82, 2.24) is 10.2 Å². The van der Waals surface area contributed by atoms with E-state index in [1.54, 1.807) is 0 Å². The normalized spacial score (nSPS) is 12.2. The van der Waals surface area contributed by atoms with Crippen molar-refractivity contribution >= 4 is 0 Å². The minimum atomic E-state index is -0.616. The summed E-state index contributed by atoms with van der Waals surface area (Å²) >= 11 is 0. The molecule has 1 atom stereocenters. The van der Waals surface area contributed by atoms with E-state index in [1.165, 1.54) is 11.1 Å². The lowest BCUT2D eigenvalue weighted by molar-refractivity contribution is -0.00366. The largest absolute Gasteiger partial charge is 0.374 e. The van der Waals surface area contributed by atoms with Gasteiger partial charge in [0.15, 0.2) is 0 Å².